The molecular weight excluding hydrogens is 623 g/mol. The molecule has 2 aliphatic heterocycles. The van der Waals surface area contributed by atoms with Crippen LogP contribution >= 0.6 is 0 Å². The number of nitrogens with zero attached hydrogens (tertiary/aromatic N) is 3. The zero-order valence-electron chi connectivity index (χ0n) is 28.4. The Morgan fingerprint density at radius 2 is 1.75 bits per heavy atom. The van der Waals surface area contributed by atoms with Gasteiger partial charge in [0, 0.05) is 11.1 Å². The SMILES string of the molecule is CC(C)(C)CC[C@H](c1ccc(C(=O)NCC2=NNNN2)cc1)N1C(=O)C(c2cccc(OC(F)(F)F)c2)=NC12CCC(C(C)(C)C)CC2. The standard InChI is InChI=1S/C35H46F3N7O3/c1-32(2,3)17-16-27(22-10-12-23(13-11-22)30(46)39-21-28-41-43-44-42-28)45-31(47)29(24-8-7-9-26(20-24)48-35(36,37)38)40-34(45)18-14-25(15-19-34)33(4,5)6/h7-13,20,25,27,43-44H,14-19,21H2,1-6H3,(H,39,46)(H,41,42)/t25?,27-,34?/m1/s1. The Morgan fingerprint density at radius 3 is 2.33 bits per heavy atom. The fourth-order valence-corrected chi connectivity index (χ4v) is 6.82. The number of nitrogens with one attached hydrogen (secondary N) is 4. The predicted octanol–water partition coefficient (Wildman–Crippen LogP) is 6.37. The van der Waals surface area contributed by atoms with Crippen LogP contribution in [0.5, 0.6) is 5.75 Å². The van der Waals surface area contributed by atoms with Crippen molar-refractivity contribution in [1.29, 1.82) is 0 Å². The number of aliphatic imine (C=N–C) groups is 1. The first kappa shape index (κ1) is 35.2. The second-order valence-electron chi connectivity index (χ2n) is 15.2. The Balaban J connectivity index is 1.50. The molecule has 3 aliphatic rings. The lowest BCUT2D eigenvalue weighted by molar-refractivity contribution is -0.274. The van der Waals surface area contributed by atoms with Crippen molar-refractivity contribution >= 4 is 23.4 Å². The summed E-state index contributed by atoms with van der Waals surface area (Å²) in [5.74, 6) is -0.0230. The van der Waals surface area contributed by atoms with Gasteiger partial charge in [-0.15, -0.1) is 23.8 Å². The van der Waals surface area contributed by atoms with Gasteiger partial charge in [0.05, 0.1) is 12.6 Å². The molecule has 0 saturated heterocycles. The summed E-state index contributed by atoms with van der Waals surface area (Å²) in [6, 6.07) is 12.4. The summed E-state index contributed by atoms with van der Waals surface area (Å²) in [5.41, 5.74) is 8.89. The third kappa shape index (κ3) is 8.29. The number of alkyl halides is 3. The molecule has 2 heterocycles. The number of ether oxygens (including phenoxy) is 1. The van der Waals surface area contributed by atoms with Crippen molar-refractivity contribution in [2.24, 2.45) is 26.8 Å². The van der Waals surface area contributed by atoms with Crippen molar-refractivity contribution < 1.29 is 27.5 Å². The molecule has 2 amide bonds. The number of hydrazone groups is 1. The summed E-state index contributed by atoms with van der Waals surface area (Å²) in [6.07, 6.45) is -0.443. The highest BCUT2D eigenvalue weighted by Crippen LogP contribution is 2.50. The summed E-state index contributed by atoms with van der Waals surface area (Å²) in [4.78, 5) is 34.6. The Labute approximate surface area is 279 Å². The summed E-state index contributed by atoms with van der Waals surface area (Å²) >= 11 is 0. The monoisotopic (exact) mass is 669 g/mol. The minimum absolute atomic E-state index is 0.0361. The number of hydrogen-bond donors (Lipinski definition) is 4. The fourth-order valence-electron chi connectivity index (χ4n) is 6.82. The molecule has 48 heavy (non-hydrogen) atoms. The van der Waals surface area contributed by atoms with Crippen molar-refractivity contribution in [2.45, 2.75) is 98.1 Å². The molecule has 1 fully saturated rings. The lowest BCUT2D eigenvalue weighted by Gasteiger charge is -2.47. The van der Waals surface area contributed by atoms with Crippen LogP contribution in [-0.2, 0) is 4.79 Å². The molecule has 2 aromatic rings. The number of benzene rings is 2. The predicted molar refractivity (Wildman–Crippen MR) is 178 cm³/mol. The van der Waals surface area contributed by atoms with Gasteiger partial charge in [0.1, 0.15) is 17.1 Å². The van der Waals surface area contributed by atoms with Gasteiger partial charge in [-0.3, -0.25) is 20.0 Å². The van der Waals surface area contributed by atoms with E-state index in [1.165, 1.54) is 18.2 Å². The molecule has 0 bridgehead atoms. The quantitative estimate of drug-likeness (QED) is 0.246. The molecule has 1 saturated carbocycles. The van der Waals surface area contributed by atoms with Gasteiger partial charge in [-0.05, 0) is 85.1 Å². The van der Waals surface area contributed by atoms with Gasteiger partial charge in [0.25, 0.3) is 11.8 Å². The van der Waals surface area contributed by atoms with E-state index in [9.17, 15) is 22.8 Å². The molecule has 2 aromatic carbocycles. The van der Waals surface area contributed by atoms with Crippen LogP contribution in [0.1, 0.15) is 108 Å². The second-order valence-corrected chi connectivity index (χ2v) is 15.2. The first-order chi connectivity index (χ1) is 22.4. The lowest BCUT2D eigenvalue weighted by atomic mass is 9.69. The molecule has 4 N–H and O–H groups in total. The van der Waals surface area contributed by atoms with Crippen LogP contribution in [0.25, 0.3) is 0 Å². The van der Waals surface area contributed by atoms with Crippen molar-refractivity contribution in [3.8, 4) is 5.75 Å². The van der Waals surface area contributed by atoms with E-state index >= 15 is 0 Å². The van der Waals surface area contributed by atoms with Crippen LogP contribution in [0.3, 0.4) is 0 Å². The molecule has 10 nitrogen and oxygen atoms in total. The van der Waals surface area contributed by atoms with E-state index in [2.05, 4.69) is 73.2 Å². The molecule has 13 heteroatoms. The van der Waals surface area contributed by atoms with Crippen molar-refractivity contribution in [2.75, 3.05) is 6.54 Å². The summed E-state index contributed by atoms with van der Waals surface area (Å²) < 4.78 is 43.5. The number of halogens is 3. The van der Waals surface area contributed by atoms with Crippen LogP contribution in [0.4, 0.5) is 13.2 Å². The highest BCUT2D eigenvalue weighted by atomic mass is 19.4. The summed E-state index contributed by atoms with van der Waals surface area (Å²) in [7, 11) is 0. The van der Waals surface area contributed by atoms with Gasteiger partial charge in [0.15, 0.2) is 5.84 Å². The average Bonchev–Trinajstić information content (AvgIpc) is 3.62. The van der Waals surface area contributed by atoms with Gasteiger partial charge in [0.2, 0.25) is 0 Å². The molecule has 0 unspecified atom stereocenters. The van der Waals surface area contributed by atoms with Crippen molar-refractivity contribution in [1.82, 2.24) is 26.7 Å². The second kappa shape index (κ2) is 13.4. The van der Waals surface area contributed by atoms with Gasteiger partial charge < -0.3 is 15.0 Å². The maximum atomic E-state index is 14.6. The molecule has 1 atom stereocenters. The normalized spacial score (nSPS) is 22.1. The highest BCUT2D eigenvalue weighted by molar-refractivity contribution is 6.46. The number of rotatable bonds is 9. The molecule has 1 aliphatic carbocycles. The zero-order valence-corrected chi connectivity index (χ0v) is 28.4. The minimum atomic E-state index is -4.87. The number of hydrazine groups is 2. The number of amidine groups is 1. The van der Waals surface area contributed by atoms with E-state index < -0.39 is 17.8 Å². The van der Waals surface area contributed by atoms with E-state index in [1.54, 1.807) is 18.2 Å². The average molecular weight is 670 g/mol. The zero-order chi connectivity index (χ0) is 34.9. The highest BCUT2D eigenvalue weighted by Gasteiger charge is 2.53. The van der Waals surface area contributed by atoms with Gasteiger partial charge >= 0.3 is 6.36 Å². The lowest BCUT2D eigenvalue weighted by Crippen LogP contribution is -2.51. The fraction of sp³-hybridized carbons (Fsp3) is 0.543. The molecule has 0 aromatic heterocycles. The Kier molecular flexibility index (Phi) is 9.83. The number of carbonyl (C=O) groups excluding carboxylic acids is 2. The maximum Gasteiger partial charge on any atom is 0.573 e. The molecular formula is C35H46F3N7O3. The molecule has 260 valence electrons. The molecule has 5 rings (SSSR count). The van der Waals surface area contributed by atoms with E-state index in [1.807, 2.05) is 17.0 Å². The van der Waals surface area contributed by atoms with Crippen LogP contribution in [0.15, 0.2) is 58.6 Å². The van der Waals surface area contributed by atoms with Crippen LogP contribution in [0, 0.1) is 16.7 Å². The number of amides is 2. The van der Waals surface area contributed by atoms with E-state index in [-0.39, 0.29) is 46.5 Å². The summed E-state index contributed by atoms with van der Waals surface area (Å²) in [5, 5.41) is 6.79. The maximum absolute atomic E-state index is 14.6. The van der Waals surface area contributed by atoms with Gasteiger partial charge in [-0.2, -0.15) is 0 Å². The van der Waals surface area contributed by atoms with Gasteiger partial charge in [-0.25, -0.2) is 5.53 Å². The first-order valence-corrected chi connectivity index (χ1v) is 16.4. The van der Waals surface area contributed by atoms with Crippen molar-refractivity contribution in [3.05, 3.63) is 65.2 Å². The Hall–Kier alpha value is -4.13. The summed E-state index contributed by atoms with van der Waals surface area (Å²) in [6.45, 7) is 13.3. The van der Waals surface area contributed by atoms with Gasteiger partial charge in [-0.1, -0.05) is 65.8 Å². The van der Waals surface area contributed by atoms with Crippen molar-refractivity contribution in [3.63, 3.8) is 0 Å². The van der Waals surface area contributed by atoms with Crippen LogP contribution < -0.4 is 26.5 Å². The topological polar surface area (TPSA) is 119 Å². The number of hydrogen-bond acceptors (Lipinski definition) is 8. The van der Waals surface area contributed by atoms with E-state index in [0.29, 0.717) is 36.6 Å². The Morgan fingerprint density at radius 1 is 1.06 bits per heavy atom. The third-order valence-corrected chi connectivity index (χ3v) is 9.45. The molecule has 1 spiro atoms. The number of carbonyl (C=O) groups is 2. The third-order valence-electron chi connectivity index (χ3n) is 9.45. The van der Waals surface area contributed by atoms with Crippen LogP contribution in [-0.4, -0.2) is 46.8 Å². The minimum Gasteiger partial charge on any atom is -0.406 e. The largest absolute Gasteiger partial charge is 0.573 e. The van der Waals surface area contributed by atoms with E-state index in [0.717, 1.165) is 24.8 Å². The van der Waals surface area contributed by atoms with Crippen LogP contribution in [0.2, 0.25) is 0 Å². The first-order valence-electron chi connectivity index (χ1n) is 16.4. The Bertz CT molecular complexity index is 1550. The smallest absolute Gasteiger partial charge is 0.406 e. The van der Waals surface area contributed by atoms with E-state index in [4.69, 9.17) is 4.99 Å². The molecule has 0 radical (unpaired) electrons.